The van der Waals surface area contributed by atoms with E-state index >= 15 is 0 Å². The van der Waals surface area contributed by atoms with Crippen LogP contribution >= 0.6 is 0 Å². The van der Waals surface area contributed by atoms with E-state index in [1.807, 2.05) is 38.1 Å². The minimum Gasteiger partial charge on any atom is -0.461 e. The van der Waals surface area contributed by atoms with Crippen LogP contribution in [0.3, 0.4) is 0 Å². The van der Waals surface area contributed by atoms with Crippen LogP contribution in [0, 0.1) is 6.92 Å². The smallest absolute Gasteiger partial charge is 0.328 e. The molecular weight excluding hydrogens is 190 g/mol. The Labute approximate surface area is 89.4 Å². The van der Waals surface area contributed by atoms with Gasteiger partial charge in [-0.3, -0.25) is 0 Å². The maximum Gasteiger partial charge on any atom is 0.328 e. The Morgan fingerprint density at radius 2 is 2.00 bits per heavy atom. The van der Waals surface area contributed by atoms with Crippen molar-refractivity contribution >= 4 is 11.7 Å². The van der Waals surface area contributed by atoms with Crippen molar-refractivity contribution in [2.24, 2.45) is 0 Å². The van der Waals surface area contributed by atoms with Crippen molar-refractivity contribution in [3.8, 4) is 0 Å². The lowest BCUT2D eigenvalue weighted by Gasteiger charge is -2.10. The molecule has 1 saturated heterocycles. The van der Waals surface area contributed by atoms with Crippen LogP contribution in [0.5, 0.6) is 0 Å². The normalized spacial score (nSPS) is 25.1. The molecule has 1 aliphatic rings. The maximum absolute atomic E-state index is 11.4. The summed E-state index contributed by atoms with van der Waals surface area (Å²) in [6.45, 7) is 3.95. The van der Waals surface area contributed by atoms with Gasteiger partial charge in [0.2, 0.25) is 0 Å². The molecule has 0 bridgehead atoms. The van der Waals surface area contributed by atoms with Gasteiger partial charge in [0.15, 0.2) is 0 Å². The van der Waals surface area contributed by atoms with E-state index in [4.69, 9.17) is 4.74 Å². The molecule has 2 atom stereocenters. The van der Waals surface area contributed by atoms with E-state index in [1.54, 1.807) is 0 Å². The molecule has 1 N–H and O–H groups in total. The molecule has 3 heteroatoms. The van der Waals surface area contributed by atoms with Crippen LogP contribution in [-0.2, 0) is 9.53 Å². The summed E-state index contributed by atoms with van der Waals surface area (Å²) in [6.07, 6.45) is 0.771. The first-order chi connectivity index (χ1) is 7.15. The number of ether oxygens (including phenoxy) is 1. The zero-order valence-corrected chi connectivity index (χ0v) is 8.99. The summed E-state index contributed by atoms with van der Waals surface area (Å²) >= 11 is 0. The number of rotatable bonds is 2. The van der Waals surface area contributed by atoms with Crippen molar-refractivity contribution in [2.45, 2.75) is 32.4 Å². The number of benzene rings is 1. The van der Waals surface area contributed by atoms with Gasteiger partial charge in [-0.05, 0) is 26.0 Å². The summed E-state index contributed by atoms with van der Waals surface area (Å²) in [5.41, 5.74) is 2.18. The van der Waals surface area contributed by atoms with Crippen molar-refractivity contribution in [1.82, 2.24) is 0 Å². The van der Waals surface area contributed by atoms with E-state index in [2.05, 4.69) is 5.32 Å². The van der Waals surface area contributed by atoms with E-state index < -0.39 is 0 Å². The van der Waals surface area contributed by atoms with Gasteiger partial charge < -0.3 is 10.1 Å². The molecule has 0 aliphatic carbocycles. The second-order valence-electron chi connectivity index (χ2n) is 4.05. The minimum absolute atomic E-state index is 0.0282. The summed E-state index contributed by atoms with van der Waals surface area (Å²) in [5, 5.41) is 3.17. The molecule has 1 heterocycles. The molecule has 0 amide bonds. The van der Waals surface area contributed by atoms with Gasteiger partial charge in [0, 0.05) is 12.1 Å². The van der Waals surface area contributed by atoms with Crippen LogP contribution in [-0.4, -0.2) is 18.1 Å². The molecule has 0 spiro atoms. The second kappa shape index (κ2) is 3.93. The fourth-order valence-electron chi connectivity index (χ4n) is 1.73. The summed E-state index contributed by atoms with van der Waals surface area (Å²) in [5.74, 6) is -0.150. The van der Waals surface area contributed by atoms with E-state index in [-0.39, 0.29) is 18.1 Å². The highest BCUT2D eigenvalue weighted by Crippen LogP contribution is 2.19. The van der Waals surface area contributed by atoms with Gasteiger partial charge in [-0.15, -0.1) is 0 Å². The van der Waals surface area contributed by atoms with Crippen LogP contribution in [0.15, 0.2) is 24.3 Å². The lowest BCUT2D eigenvalue weighted by molar-refractivity contribution is -0.141. The highest BCUT2D eigenvalue weighted by Gasteiger charge is 2.31. The topological polar surface area (TPSA) is 38.3 Å². The maximum atomic E-state index is 11.4. The van der Waals surface area contributed by atoms with Crippen LogP contribution in [0.4, 0.5) is 5.69 Å². The Morgan fingerprint density at radius 1 is 1.33 bits per heavy atom. The van der Waals surface area contributed by atoms with Crippen molar-refractivity contribution in [2.75, 3.05) is 5.32 Å². The van der Waals surface area contributed by atoms with E-state index in [0.29, 0.717) is 0 Å². The Kier molecular flexibility index (Phi) is 2.62. The summed E-state index contributed by atoms with van der Waals surface area (Å²) in [6, 6.07) is 7.80. The highest BCUT2D eigenvalue weighted by atomic mass is 16.6. The van der Waals surface area contributed by atoms with Gasteiger partial charge in [0.1, 0.15) is 12.1 Å². The molecule has 80 valence electrons. The predicted molar refractivity (Wildman–Crippen MR) is 58.8 cm³/mol. The molecule has 0 unspecified atom stereocenters. The Hall–Kier alpha value is -1.51. The summed E-state index contributed by atoms with van der Waals surface area (Å²) < 4.78 is 5.07. The number of hydrogen-bond acceptors (Lipinski definition) is 3. The molecule has 0 aromatic heterocycles. The molecule has 0 saturated carbocycles. The fourth-order valence-corrected chi connectivity index (χ4v) is 1.73. The minimum atomic E-state index is -0.192. The van der Waals surface area contributed by atoms with Gasteiger partial charge in [0.25, 0.3) is 0 Å². The first kappa shape index (κ1) is 10.0. The summed E-state index contributed by atoms with van der Waals surface area (Å²) in [7, 11) is 0. The Balaban J connectivity index is 2.03. The average Bonchev–Trinajstić information content (AvgIpc) is 2.49. The summed E-state index contributed by atoms with van der Waals surface area (Å²) in [4.78, 5) is 11.4. The molecule has 3 nitrogen and oxygen atoms in total. The number of anilines is 1. The zero-order chi connectivity index (χ0) is 10.8. The number of cyclic esters (lactones) is 1. The second-order valence-corrected chi connectivity index (χ2v) is 4.05. The number of nitrogens with one attached hydrogen (secondary N) is 1. The highest BCUT2D eigenvalue weighted by molar-refractivity contribution is 5.81. The fraction of sp³-hybridized carbons (Fsp3) is 0.417. The van der Waals surface area contributed by atoms with Gasteiger partial charge >= 0.3 is 5.97 Å². The molecule has 0 radical (unpaired) electrons. The molecule has 1 aromatic carbocycles. The lowest BCUT2D eigenvalue weighted by Crippen LogP contribution is -2.24. The third-order valence-electron chi connectivity index (χ3n) is 2.56. The zero-order valence-electron chi connectivity index (χ0n) is 8.99. The average molecular weight is 205 g/mol. The quantitative estimate of drug-likeness (QED) is 0.751. The van der Waals surface area contributed by atoms with Crippen molar-refractivity contribution in [3.05, 3.63) is 29.8 Å². The van der Waals surface area contributed by atoms with Gasteiger partial charge in [-0.25, -0.2) is 4.79 Å². The van der Waals surface area contributed by atoms with E-state index in [9.17, 15) is 4.79 Å². The third-order valence-corrected chi connectivity index (χ3v) is 2.56. The van der Waals surface area contributed by atoms with E-state index in [0.717, 1.165) is 12.1 Å². The van der Waals surface area contributed by atoms with Crippen molar-refractivity contribution < 1.29 is 9.53 Å². The molecular formula is C12H15NO2. The first-order valence-electron chi connectivity index (χ1n) is 5.19. The first-order valence-corrected chi connectivity index (χ1v) is 5.19. The van der Waals surface area contributed by atoms with Crippen LogP contribution in [0.25, 0.3) is 0 Å². The third kappa shape index (κ3) is 2.29. The molecule has 2 rings (SSSR count). The van der Waals surface area contributed by atoms with E-state index in [1.165, 1.54) is 5.56 Å². The van der Waals surface area contributed by atoms with Crippen molar-refractivity contribution in [1.29, 1.82) is 0 Å². The number of hydrogen-bond donors (Lipinski definition) is 1. The van der Waals surface area contributed by atoms with Crippen LogP contribution in [0.1, 0.15) is 18.9 Å². The number of esters is 1. The van der Waals surface area contributed by atoms with Crippen molar-refractivity contribution in [3.63, 3.8) is 0 Å². The number of aryl methyl sites for hydroxylation is 1. The van der Waals surface area contributed by atoms with Gasteiger partial charge in [-0.1, -0.05) is 17.7 Å². The largest absolute Gasteiger partial charge is 0.461 e. The van der Waals surface area contributed by atoms with Crippen LogP contribution < -0.4 is 5.32 Å². The number of carbonyl (C=O) groups excluding carboxylic acids is 1. The molecule has 1 aromatic rings. The van der Waals surface area contributed by atoms with Crippen LogP contribution in [0.2, 0.25) is 0 Å². The monoisotopic (exact) mass is 205 g/mol. The molecule has 1 fully saturated rings. The van der Waals surface area contributed by atoms with Gasteiger partial charge in [0.05, 0.1) is 0 Å². The SMILES string of the molecule is Cc1ccc(N[C@@H]2C[C@H](C)OC2=O)cc1. The Bertz CT molecular complexity index is 358. The predicted octanol–water partition coefficient (Wildman–Crippen LogP) is 2.11. The number of carbonyl (C=O) groups is 1. The molecule has 1 aliphatic heterocycles. The standard InChI is InChI=1S/C12H15NO2/c1-8-3-5-10(6-4-8)13-11-7-9(2)15-12(11)14/h3-6,9,11,13H,7H2,1-2H3/t9-,11+/m0/s1. The molecule has 15 heavy (non-hydrogen) atoms. The van der Waals surface area contributed by atoms with Gasteiger partial charge in [-0.2, -0.15) is 0 Å². The Morgan fingerprint density at radius 3 is 2.53 bits per heavy atom. The lowest BCUT2D eigenvalue weighted by atomic mass is 10.1.